The quantitative estimate of drug-likeness (QED) is 0.725. The molecule has 8 nitrogen and oxygen atoms in total. The maximum atomic E-state index is 12.4. The van der Waals surface area contributed by atoms with Gasteiger partial charge in [-0.25, -0.2) is 0 Å². The maximum absolute atomic E-state index is 12.4. The van der Waals surface area contributed by atoms with Crippen molar-refractivity contribution < 1.29 is 18.5 Å². The van der Waals surface area contributed by atoms with Crippen molar-refractivity contribution in [2.24, 2.45) is 0 Å². The van der Waals surface area contributed by atoms with Gasteiger partial charge in [0.2, 0.25) is 0 Å². The van der Waals surface area contributed by atoms with Crippen molar-refractivity contribution in [3.8, 4) is 0 Å². The lowest BCUT2D eigenvalue weighted by Crippen LogP contribution is -2.50. The van der Waals surface area contributed by atoms with Gasteiger partial charge in [-0.15, -0.1) is 0 Å². The van der Waals surface area contributed by atoms with E-state index in [1.165, 1.54) is 0 Å². The monoisotopic (exact) mass is 382 g/mol. The number of piperazine rings is 1. The molecule has 0 atom stereocenters. The van der Waals surface area contributed by atoms with Crippen LogP contribution in [0.1, 0.15) is 26.8 Å². The third kappa shape index (κ3) is 3.91. The normalized spacial score (nSPS) is 15.1. The second-order valence-corrected chi connectivity index (χ2v) is 6.86. The van der Waals surface area contributed by atoms with Gasteiger partial charge in [0.1, 0.15) is 11.3 Å². The van der Waals surface area contributed by atoms with Gasteiger partial charge < -0.3 is 19.2 Å². The third-order valence-electron chi connectivity index (χ3n) is 4.87. The van der Waals surface area contributed by atoms with E-state index < -0.39 is 0 Å². The minimum absolute atomic E-state index is 0.102. The van der Waals surface area contributed by atoms with Crippen LogP contribution in [-0.2, 0) is 0 Å². The number of amides is 2. The highest BCUT2D eigenvalue weighted by Gasteiger charge is 2.24. The van der Waals surface area contributed by atoms with Crippen molar-refractivity contribution in [3.05, 3.63) is 53.6 Å². The predicted octanol–water partition coefficient (Wildman–Crippen LogP) is 1.92. The maximum Gasteiger partial charge on any atom is 0.287 e. The number of benzene rings is 1. The molecule has 4 rings (SSSR count). The minimum Gasteiger partial charge on any atom is -0.451 e. The van der Waals surface area contributed by atoms with Crippen molar-refractivity contribution in [2.75, 3.05) is 39.3 Å². The zero-order valence-corrected chi connectivity index (χ0v) is 15.7. The summed E-state index contributed by atoms with van der Waals surface area (Å²) in [7, 11) is 0. The lowest BCUT2D eigenvalue weighted by Gasteiger charge is -2.34. The van der Waals surface area contributed by atoms with E-state index in [4.69, 9.17) is 8.94 Å². The summed E-state index contributed by atoms with van der Waals surface area (Å²) in [4.78, 5) is 28.6. The predicted molar refractivity (Wildman–Crippen MR) is 102 cm³/mol. The molecule has 3 heterocycles. The van der Waals surface area contributed by atoms with Gasteiger partial charge in [0, 0.05) is 50.7 Å². The number of carbonyl (C=O) groups is 2. The Labute approximate surface area is 162 Å². The molecule has 0 unspecified atom stereocenters. The summed E-state index contributed by atoms with van der Waals surface area (Å²) in [5.74, 6) is 0.628. The number of hydrogen-bond donors (Lipinski definition) is 1. The lowest BCUT2D eigenvalue weighted by molar-refractivity contribution is 0.0627. The average molecular weight is 382 g/mol. The van der Waals surface area contributed by atoms with E-state index in [9.17, 15) is 9.59 Å². The molecular formula is C20H22N4O4. The molecule has 2 aromatic heterocycles. The van der Waals surface area contributed by atoms with Gasteiger partial charge in [-0.1, -0.05) is 23.4 Å². The Balaban J connectivity index is 1.22. The number of carbonyl (C=O) groups excluding carboxylic acids is 2. The average Bonchev–Trinajstić information content (AvgIpc) is 3.34. The molecule has 0 aliphatic carbocycles. The Morgan fingerprint density at radius 2 is 1.93 bits per heavy atom. The van der Waals surface area contributed by atoms with E-state index in [0.29, 0.717) is 42.4 Å². The van der Waals surface area contributed by atoms with E-state index in [0.717, 1.165) is 25.0 Å². The Kier molecular flexibility index (Phi) is 5.12. The molecule has 28 heavy (non-hydrogen) atoms. The lowest BCUT2D eigenvalue weighted by atomic mass is 10.2. The molecule has 8 heteroatoms. The van der Waals surface area contributed by atoms with E-state index in [2.05, 4.69) is 15.4 Å². The van der Waals surface area contributed by atoms with Crippen LogP contribution in [0.25, 0.3) is 11.0 Å². The molecule has 1 N–H and O–H groups in total. The molecule has 0 saturated carbocycles. The first-order valence-electron chi connectivity index (χ1n) is 9.32. The first-order chi connectivity index (χ1) is 13.6. The molecule has 2 amide bonds. The summed E-state index contributed by atoms with van der Waals surface area (Å²) in [6.07, 6.45) is 0. The van der Waals surface area contributed by atoms with Gasteiger partial charge in [-0.3, -0.25) is 14.5 Å². The highest BCUT2D eigenvalue weighted by atomic mass is 16.5. The molecule has 1 saturated heterocycles. The Hall–Kier alpha value is -3.13. The van der Waals surface area contributed by atoms with Crippen LogP contribution in [0.2, 0.25) is 0 Å². The molecule has 1 aliphatic rings. The van der Waals surface area contributed by atoms with Crippen LogP contribution in [0.3, 0.4) is 0 Å². The van der Waals surface area contributed by atoms with E-state index >= 15 is 0 Å². The highest BCUT2D eigenvalue weighted by molar-refractivity contribution is 5.96. The van der Waals surface area contributed by atoms with Gasteiger partial charge >= 0.3 is 0 Å². The molecule has 0 radical (unpaired) electrons. The Bertz CT molecular complexity index is 952. The van der Waals surface area contributed by atoms with Crippen LogP contribution >= 0.6 is 0 Å². The van der Waals surface area contributed by atoms with E-state index in [1.54, 1.807) is 24.0 Å². The molecular weight excluding hydrogens is 360 g/mol. The topological polar surface area (TPSA) is 91.8 Å². The number of aromatic nitrogens is 1. The summed E-state index contributed by atoms with van der Waals surface area (Å²) >= 11 is 0. The SMILES string of the molecule is Cc1cc(C(=O)N2CCN(CCNC(=O)c3cc4ccccc4o3)CC2)no1. The minimum atomic E-state index is -0.216. The number of aryl methyl sites for hydroxylation is 1. The molecule has 0 spiro atoms. The van der Waals surface area contributed by atoms with Crippen LogP contribution in [0.5, 0.6) is 0 Å². The summed E-state index contributed by atoms with van der Waals surface area (Å²) in [6, 6.07) is 10.9. The van der Waals surface area contributed by atoms with Crippen molar-refractivity contribution in [3.63, 3.8) is 0 Å². The van der Waals surface area contributed by atoms with Gasteiger partial charge in [-0.2, -0.15) is 0 Å². The number of fused-ring (bicyclic) bond motifs is 1. The number of para-hydroxylation sites is 1. The smallest absolute Gasteiger partial charge is 0.287 e. The largest absolute Gasteiger partial charge is 0.451 e. The molecule has 3 aromatic rings. The van der Waals surface area contributed by atoms with Crippen LogP contribution in [0.4, 0.5) is 0 Å². The van der Waals surface area contributed by atoms with E-state index in [1.807, 2.05) is 24.3 Å². The van der Waals surface area contributed by atoms with Gasteiger partial charge in [-0.05, 0) is 19.1 Å². The summed E-state index contributed by atoms with van der Waals surface area (Å²) in [6.45, 7) is 5.77. The van der Waals surface area contributed by atoms with Gasteiger partial charge in [0.25, 0.3) is 11.8 Å². The van der Waals surface area contributed by atoms with Crippen LogP contribution < -0.4 is 5.32 Å². The first kappa shape index (κ1) is 18.2. The molecule has 146 valence electrons. The zero-order valence-electron chi connectivity index (χ0n) is 15.7. The number of furan rings is 1. The summed E-state index contributed by atoms with van der Waals surface area (Å²) < 4.78 is 10.5. The fourth-order valence-corrected chi connectivity index (χ4v) is 3.31. The fraction of sp³-hybridized carbons (Fsp3) is 0.350. The summed E-state index contributed by atoms with van der Waals surface area (Å²) in [5, 5.41) is 7.59. The second-order valence-electron chi connectivity index (χ2n) is 6.86. The molecule has 1 aliphatic heterocycles. The molecule has 0 bridgehead atoms. The molecule has 1 fully saturated rings. The fourth-order valence-electron chi connectivity index (χ4n) is 3.31. The van der Waals surface area contributed by atoms with Crippen molar-refractivity contribution >= 4 is 22.8 Å². The van der Waals surface area contributed by atoms with Crippen molar-refractivity contribution in [1.29, 1.82) is 0 Å². The standard InChI is InChI=1S/C20H22N4O4/c1-14-12-16(22-28-14)20(26)24-10-8-23(9-11-24)7-6-21-19(25)18-13-15-4-2-3-5-17(15)27-18/h2-5,12-13H,6-11H2,1H3,(H,21,25). The second kappa shape index (κ2) is 7.85. The van der Waals surface area contributed by atoms with Crippen LogP contribution in [-0.4, -0.2) is 66.0 Å². The third-order valence-corrected chi connectivity index (χ3v) is 4.87. The Morgan fingerprint density at radius 1 is 1.14 bits per heavy atom. The van der Waals surface area contributed by atoms with Crippen LogP contribution in [0.15, 0.2) is 45.3 Å². The molecule has 1 aromatic carbocycles. The van der Waals surface area contributed by atoms with Crippen molar-refractivity contribution in [2.45, 2.75) is 6.92 Å². The van der Waals surface area contributed by atoms with Crippen molar-refractivity contribution in [1.82, 2.24) is 20.3 Å². The Morgan fingerprint density at radius 3 is 2.64 bits per heavy atom. The number of rotatable bonds is 5. The van der Waals surface area contributed by atoms with Gasteiger partial charge in [0.05, 0.1) is 0 Å². The number of nitrogens with one attached hydrogen (secondary N) is 1. The van der Waals surface area contributed by atoms with Gasteiger partial charge in [0.15, 0.2) is 11.5 Å². The number of nitrogens with zero attached hydrogens (tertiary/aromatic N) is 3. The summed E-state index contributed by atoms with van der Waals surface area (Å²) in [5.41, 5.74) is 1.06. The highest BCUT2D eigenvalue weighted by Crippen LogP contribution is 2.18. The van der Waals surface area contributed by atoms with E-state index in [-0.39, 0.29) is 11.8 Å². The number of hydrogen-bond acceptors (Lipinski definition) is 6. The first-order valence-corrected chi connectivity index (χ1v) is 9.32. The zero-order chi connectivity index (χ0) is 19.5. The van der Waals surface area contributed by atoms with Crippen LogP contribution in [0, 0.1) is 6.92 Å².